The first-order chi connectivity index (χ1) is 17.2. The van der Waals surface area contributed by atoms with Crippen LogP contribution in [-0.2, 0) is 7.53 Å². The minimum atomic E-state index is -6.15. The van der Waals surface area contributed by atoms with Crippen LogP contribution in [0.15, 0.2) is 0 Å². The molecule has 0 aliphatic carbocycles. The fraction of sp³-hybridized carbons (Fsp3) is 1.00. The molecule has 2 radical (unpaired) electrons. The number of rotatable bonds is 17. The van der Waals surface area contributed by atoms with E-state index in [2.05, 4.69) is 7.53 Å². The van der Waals surface area contributed by atoms with Crippen molar-refractivity contribution in [2.75, 3.05) is 30.8 Å². The second kappa shape index (κ2) is 16.2. The first-order valence-corrected chi connectivity index (χ1v) is 19.8. The first kappa shape index (κ1) is 39.2. The van der Waals surface area contributed by atoms with Gasteiger partial charge in [0.1, 0.15) is 0 Å². The third-order valence-electron chi connectivity index (χ3n) is 5.51. The Morgan fingerprint density at radius 2 is 0.868 bits per heavy atom. The summed E-state index contributed by atoms with van der Waals surface area (Å²) in [6.45, 7) is 5.02. The zero-order valence-corrected chi connectivity index (χ0v) is 26.9. The zero-order valence-electron chi connectivity index (χ0n) is 20.9. The van der Waals surface area contributed by atoms with Crippen LogP contribution >= 0.6 is 35.5 Å². The Hall–Kier alpha value is 1.21. The SMILES string of the molecule is CCCCP(I)CC([O][Ge][O]C(CP(CCCC)CCCC)(C(F)(F)F)C(F)(F)F)(C(F)(F)F)C(F)(F)F. The second-order valence-corrected chi connectivity index (χ2v) is 18.2. The molecule has 0 aromatic carbocycles. The Bertz CT molecular complexity index is 638. The fourth-order valence-electron chi connectivity index (χ4n) is 3.14. The summed E-state index contributed by atoms with van der Waals surface area (Å²) in [6, 6.07) is 0. The van der Waals surface area contributed by atoms with Crippen LogP contribution in [-0.4, -0.2) is 82.8 Å². The van der Waals surface area contributed by atoms with Crippen molar-refractivity contribution in [3.8, 4) is 0 Å². The van der Waals surface area contributed by atoms with Gasteiger partial charge in [-0.1, -0.05) is 0 Å². The van der Waals surface area contributed by atoms with Crippen LogP contribution in [0.5, 0.6) is 0 Å². The molecule has 0 saturated heterocycles. The Balaban J connectivity index is 6.42. The molecule has 0 fully saturated rings. The Labute approximate surface area is 237 Å². The van der Waals surface area contributed by atoms with Gasteiger partial charge in [0.2, 0.25) is 0 Å². The summed E-state index contributed by atoms with van der Waals surface area (Å²) >= 11 is -2.55. The van der Waals surface area contributed by atoms with E-state index in [1.165, 1.54) is 22.0 Å². The summed E-state index contributed by atoms with van der Waals surface area (Å²) in [5.74, 6) is 0. The Morgan fingerprint density at radius 1 is 0.553 bits per heavy atom. The molecule has 38 heavy (non-hydrogen) atoms. The van der Waals surface area contributed by atoms with Crippen molar-refractivity contribution >= 4 is 51.6 Å². The molecule has 0 heterocycles. The molecule has 0 amide bonds. The summed E-state index contributed by atoms with van der Waals surface area (Å²) in [4.78, 5) is 0. The fourth-order valence-corrected chi connectivity index (χ4v) is 12.9. The predicted molar refractivity (Wildman–Crippen MR) is 135 cm³/mol. The van der Waals surface area contributed by atoms with Gasteiger partial charge in [-0.05, 0) is 0 Å². The molecule has 0 aliphatic heterocycles. The normalized spacial score (nSPS) is 15.4. The molecule has 2 nitrogen and oxygen atoms in total. The number of halogens is 13. The summed E-state index contributed by atoms with van der Waals surface area (Å²) in [5, 5.41) is 0. The molecule has 0 rings (SSSR count). The molecule has 1 unspecified atom stereocenters. The third kappa shape index (κ3) is 10.8. The van der Waals surface area contributed by atoms with E-state index >= 15 is 0 Å². The summed E-state index contributed by atoms with van der Waals surface area (Å²) in [7, 11) is -1.94. The monoisotopic (exact) mass is 794 g/mol. The summed E-state index contributed by atoms with van der Waals surface area (Å²) in [6.07, 6.45) is -25.5. The molecular formula is C20H31F12GeIO2P2. The van der Waals surface area contributed by atoms with Gasteiger partial charge in [0.25, 0.3) is 0 Å². The molecule has 18 heteroatoms. The van der Waals surface area contributed by atoms with Gasteiger partial charge in [0.05, 0.1) is 0 Å². The van der Waals surface area contributed by atoms with E-state index in [0.29, 0.717) is 32.1 Å². The molecule has 1 atom stereocenters. The molecule has 0 aliphatic rings. The molecule has 0 aromatic rings. The number of alkyl halides is 12. The van der Waals surface area contributed by atoms with Gasteiger partial charge in [-0.25, -0.2) is 0 Å². The molecule has 228 valence electrons. The molecule has 0 saturated carbocycles. The van der Waals surface area contributed by atoms with Gasteiger partial charge >= 0.3 is 238 Å². The topological polar surface area (TPSA) is 18.5 Å². The van der Waals surface area contributed by atoms with Crippen LogP contribution in [0.3, 0.4) is 0 Å². The Kier molecular flexibility index (Phi) is 16.7. The van der Waals surface area contributed by atoms with Gasteiger partial charge in [0.15, 0.2) is 0 Å². The second-order valence-electron chi connectivity index (χ2n) is 8.61. The van der Waals surface area contributed by atoms with E-state index in [1.54, 1.807) is 20.8 Å². The van der Waals surface area contributed by atoms with E-state index in [0.717, 1.165) is 0 Å². The van der Waals surface area contributed by atoms with Crippen molar-refractivity contribution in [3.63, 3.8) is 0 Å². The van der Waals surface area contributed by atoms with Crippen LogP contribution in [0.2, 0.25) is 0 Å². The average Bonchev–Trinajstić information content (AvgIpc) is 2.74. The van der Waals surface area contributed by atoms with Crippen molar-refractivity contribution < 1.29 is 60.2 Å². The molecular weight excluding hydrogens is 762 g/mol. The maximum atomic E-state index is 14.0. The van der Waals surface area contributed by atoms with Crippen molar-refractivity contribution in [2.45, 2.75) is 95.2 Å². The van der Waals surface area contributed by atoms with Crippen LogP contribution in [0.1, 0.15) is 59.3 Å². The van der Waals surface area contributed by atoms with E-state index in [1.807, 2.05) is 0 Å². The third-order valence-corrected chi connectivity index (χ3v) is 14.2. The van der Waals surface area contributed by atoms with Crippen molar-refractivity contribution in [2.24, 2.45) is 0 Å². The molecule has 0 aromatic heterocycles. The van der Waals surface area contributed by atoms with Gasteiger partial charge in [-0.15, -0.1) is 0 Å². The number of hydrogen-bond donors (Lipinski definition) is 0. The van der Waals surface area contributed by atoms with Crippen LogP contribution in [0.25, 0.3) is 0 Å². The summed E-state index contributed by atoms with van der Waals surface area (Å²) < 4.78 is 175. The molecule has 0 N–H and O–H groups in total. The number of unbranched alkanes of at least 4 members (excludes halogenated alkanes) is 3. The van der Waals surface area contributed by atoms with Crippen LogP contribution < -0.4 is 0 Å². The molecule has 0 spiro atoms. The quantitative estimate of drug-likeness (QED) is 0.0633. The van der Waals surface area contributed by atoms with Gasteiger partial charge in [-0.3, -0.25) is 0 Å². The van der Waals surface area contributed by atoms with Gasteiger partial charge in [-0.2, -0.15) is 0 Å². The van der Waals surface area contributed by atoms with E-state index in [-0.39, 0.29) is 24.9 Å². The number of hydrogen-bond acceptors (Lipinski definition) is 2. The Morgan fingerprint density at radius 3 is 1.18 bits per heavy atom. The van der Waals surface area contributed by atoms with E-state index < -0.39 is 77.8 Å². The predicted octanol–water partition coefficient (Wildman–Crippen LogP) is 9.99. The average molecular weight is 793 g/mol. The first-order valence-electron chi connectivity index (χ1n) is 11.7. The van der Waals surface area contributed by atoms with Crippen molar-refractivity contribution in [1.82, 2.24) is 0 Å². The van der Waals surface area contributed by atoms with Crippen LogP contribution in [0.4, 0.5) is 52.7 Å². The van der Waals surface area contributed by atoms with Gasteiger partial charge < -0.3 is 0 Å². The standard InChI is InChI=1S/C20H31F12GeIO2P2/c1-4-7-10-37(11-8-5-2)13-15(17(21,22)23,18(24,25)26)35-33-36-16(19(27,28)29,20(30,31)32)14-38(34)12-9-6-3/h4-14H2,1-3H3. The van der Waals surface area contributed by atoms with Gasteiger partial charge in [0, 0.05) is 0 Å². The van der Waals surface area contributed by atoms with Crippen LogP contribution in [0, 0.1) is 0 Å². The summed E-state index contributed by atoms with van der Waals surface area (Å²) in [5.41, 5.74) is -11.8. The van der Waals surface area contributed by atoms with E-state index in [4.69, 9.17) is 0 Å². The minimum absolute atomic E-state index is 0.0234. The van der Waals surface area contributed by atoms with E-state index in [9.17, 15) is 52.7 Å². The van der Waals surface area contributed by atoms with Crippen molar-refractivity contribution in [3.05, 3.63) is 0 Å². The molecule has 0 bridgehead atoms. The zero-order chi connectivity index (χ0) is 30.1. The maximum absolute atomic E-state index is 14.0. The van der Waals surface area contributed by atoms with Crippen molar-refractivity contribution in [1.29, 1.82) is 0 Å².